The molecular formula is C20H25N3O. The molecule has 4 rings (SSSR count). The number of benzene rings is 1. The van der Waals surface area contributed by atoms with Gasteiger partial charge in [0.05, 0.1) is 24.3 Å². The van der Waals surface area contributed by atoms with E-state index in [-0.39, 0.29) is 17.9 Å². The Bertz CT molecular complexity index is 730. The standard InChI is InChI=1S/C20H25N3O/c1-14(15-7-3-2-4-8-15)20(24)22-12-19-17-10-6-5-9-16(17)18-11-21-13-23(18)19/h5-6,9-11,13-15,19H,2-4,7-8,12H2,1H3,(H,22,24)/t14-,19+/m0/s1. The molecule has 1 aliphatic heterocycles. The van der Waals surface area contributed by atoms with Crippen molar-refractivity contribution >= 4 is 5.91 Å². The molecule has 1 fully saturated rings. The Labute approximate surface area is 143 Å². The maximum Gasteiger partial charge on any atom is 0.223 e. The molecule has 0 saturated heterocycles. The monoisotopic (exact) mass is 323 g/mol. The Hall–Kier alpha value is -2.10. The number of rotatable bonds is 4. The number of nitrogens with one attached hydrogen (secondary N) is 1. The summed E-state index contributed by atoms with van der Waals surface area (Å²) in [4.78, 5) is 16.9. The normalized spacial score (nSPS) is 21.1. The number of carbonyl (C=O) groups excluding carboxylic acids is 1. The largest absolute Gasteiger partial charge is 0.353 e. The molecule has 0 spiro atoms. The summed E-state index contributed by atoms with van der Waals surface area (Å²) in [6, 6.07) is 8.57. The molecule has 1 amide bonds. The molecule has 2 heterocycles. The summed E-state index contributed by atoms with van der Waals surface area (Å²) < 4.78 is 2.18. The van der Waals surface area contributed by atoms with Gasteiger partial charge in [-0.1, -0.05) is 50.5 Å². The van der Waals surface area contributed by atoms with Crippen molar-refractivity contribution in [2.75, 3.05) is 6.54 Å². The highest BCUT2D eigenvalue weighted by molar-refractivity contribution is 5.79. The van der Waals surface area contributed by atoms with Gasteiger partial charge in [-0.05, 0) is 24.3 Å². The first kappa shape index (κ1) is 15.4. The van der Waals surface area contributed by atoms with Crippen LogP contribution < -0.4 is 5.32 Å². The van der Waals surface area contributed by atoms with Crippen molar-refractivity contribution in [3.63, 3.8) is 0 Å². The van der Waals surface area contributed by atoms with Crippen LogP contribution in [0.1, 0.15) is 50.6 Å². The minimum atomic E-state index is 0.115. The average Bonchev–Trinajstić information content (AvgIpc) is 3.21. The van der Waals surface area contributed by atoms with Gasteiger partial charge in [0.2, 0.25) is 5.91 Å². The van der Waals surface area contributed by atoms with Crippen molar-refractivity contribution in [3.05, 3.63) is 42.4 Å². The Balaban J connectivity index is 1.45. The molecule has 126 valence electrons. The van der Waals surface area contributed by atoms with Crippen molar-refractivity contribution in [1.29, 1.82) is 0 Å². The summed E-state index contributed by atoms with van der Waals surface area (Å²) in [7, 11) is 0. The minimum Gasteiger partial charge on any atom is -0.353 e. The van der Waals surface area contributed by atoms with E-state index in [0.717, 1.165) is 5.69 Å². The molecule has 2 aliphatic rings. The van der Waals surface area contributed by atoms with E-state index in [2.05, 4.69) is 46.1 Å². The lowest BCUT2D eigenvalue weighted by molar-refractivity contribution is -0.126. The van der Waals surface area contributed by atoms with Crippen LogP contribution in [0.25, 0.3) is 11.3 Å². The van der Waals surface area contributed by atoms with Gasteiger partial charge in [0.25, 0.3) is 0 Å². The minimum absolute atomic E-state index is 0.115. The third-order valence-electron chi connectivity index (χ3n) is 5.84. The molecule has 2 aromatic rings. The topological polar surface area (TPSA) is 46.9 Å². The predicted molar refractivity (Wildman–Crippen MR) is 94.6 cm³/mol. The molecule has 0 bridgehead atoms. The van der Waals surface area contributed by atoms with Crippen molar-refractivity contribution in [3.8, 4) is 11.3 Å². The van der Waals surface area contributed by atoms with Crippen molar-refractivity contribution in [1.82, 2.24) is 14.9 Å². The molecule has 0 radical (unpaired) electrons. The molecule has 1 aliphatic carbocycles. The van der Waals surface area contributed by atoms with E-state index in [1.807, 2.05) is 12.5 Å². The second-order valence-electron chi connectivity index (χ2n) is 7.22. The fourth-order valence-corrected chi connectivity index (χ4v) is 4.35. The number of amides is 1. The van der Waals surface area contributed by atoms with Crippen LogP contribution in [-0.2, 0) is 4.79 Å². The van der Waals surface area contributed by atoms with Gasteiger partial charge < -0.3 is 9.88 Å². The number of carbonyl (C=O) groups is 1. The van der Waals surface area contributed by atoms with Gasteiger partial charge in [-0.2, -0.15) is 0 Å². The number of imidazole rings is 1. The number of fused-ring (bicyclic) bond motifs is 3. The molecule has 1 aromatic carbocycles. The highest BCUT2D eigenvalue weighted by atomic mass is 16.1. The third-order valence-corrected chi connectivity index (χ3v) is 5.84. The SMILES string of the molecule is C[C@H](C(=O)NC[C@@H]1c2ccccc2-c2cncn21)C1CCCCC1. The Morgan fingerprint density at radius 1 is 1.29 bits per heavy atom. The van der Waals surface area contributed by atoms with Gasteiger partial charge in [-0.25, -0.2) is 4.98 Å². The van der Waals surface area contributed by atoms with Gasteiger partial charge in [0.15, 0.2) is 0 Å². The fraction of sp³-hybridized carbons (Fsp3) is 0.500. The van der Waals surface area contributed by atoms with Crippen LogP contribution in [0.3, 0.4) is 0 Å². The summed E-state index contributed by atoms with van der Waals surface area (Å²) in [6.45, 7) is 2.73. The smallest absolute Gasteiger partial charge is 0.223 e. The summed E-state index contributed by atoms with van der Waals surface area (Å²) in [6.07, 6.45) is 10.1. The zero-order valence-electron chi connectivity index (χ0n) is 14.2. The second kappa shape index (κ2) is 6.42. The summed E-state index contributed by atoms with van der Waals surface area (Å²) >= 11 is 0. The van der Waals surface area contributed by atoms with Crippen molar-refractivity contribution in [2.24, 2.45) is 11.8 Å². The van der Waals surface area contributed by atoms with Crippen LogP contribution in [0, 0.1) is 11.8 Å². The average molecular weight is 323 g/mol. The van der Waals surface area contributed by atoms with Gasteiger partial charge >= 0.3 is 0 Å². The van der Waals surface area contributed by atoms with E-state index in [0.29, 0.717) is 12.5 Å². The lowest BCUT2D eigenvalue weighted by Gasteiger charge is -2.27. The molecule has 1 N–H and O–H groups in total. The molecule has 4 heteroatoms. The third kappa shape index (κ3) is 2.64. The maximum absolute atomic E-state index is 12.6. The maximum atomic E-state index is 12.6. The zero-order chi connectivity index (χ0) is 16.5. The highest BCUT2D eigenvalue weighted by Crippen LogP contribution is 2.38. The van der Waals surface area contributed by atoms with Gasteiger partial charge in [0, 0.05) is 18.0 Å². The van der Waals surface area contributed by atoms with E-state index in [9.17, 15) is 4.79 Å². The number of hydrogen-bond donors (Lipinski definition) is 1. The van der Waals surface area contributed by atoms with E-state index in [1.165, 1.54) is 43.2 Å². The first-order valence-electron chi connectivity index (χ1n) is 9.14. The van der Waals surface area contributed by atoms with Crippen LogP contribution in [0.15, 0.2) is 36.8 Å². The van der Waals surface area contributed by atoms with E-state index in [4.69, 9.17) is 0 Å². The van der Waals surface area contributed by atoms with Gasteiger partial charge in [-0.3, -0.25) is 4.79 Å². The Kier molecular flexibility index (Phi) is 4.13. The highest BCUT2D eigenvalue weighted by Gasteiger charge is 2.30. The second-order valence-corrected chi connectivity index (χ2v) is 7.22. The summed E-state index contributed by atoms with van der Waals surface area (Å²) in [5.74, 6) is 0.871. The number of hydrogen-bond acceptors (Lipinski definition) is 2. The van der Waals surface area contributed by atoms with Gasteiger partial charge in [0.1, 0.15) is 0 Å². The van der Waals surface area contributed by atoms with Crippen molar-refractivity contribution in [2.45, 2.75) is 45.1 Å². The Morgan fingerprint density at radius 2 is 2.08 bits per heavy atom. The predicted octanol–water partition coefficient (Wildman–Crippen LogP) is 3.79. The fourth-order valence-electron chi connectivity index (χ4n) is 4.35. The number of aromatic nitrogens is 2. The van der Waals surface area contributed by atoms with Crippen LogP contribution in [-0.4, -0.2) is 22.0 Å². The first-order valence-corrected chi connectivity index (χ1v) is 9.14. The van der Waals surface area contributed by atoms with Crippen molar-refractivity contribution < 1.29 is 4.79 Å². The van der Waals surface area contributed by atoms with E-state index in [1.54, 1.807) is 0 Å². The zero-order valence-corrected chi connectivity index (χ0v) is 14.2. The van der Waals surface area contributed by atoms with Crippen LogP contribution in [0.2, 0.25) is 0 Å². The van der Waals surface area contributed by atoms with Crippen LogP contribution in [0.5, 0.6) is 0 Å². The molecule has 1 saturated carbocycles. The molecule has 1 aromatic heterocycles. The summed E-state index contributed by atoms with van der Waals surface area (Å²) in [5, 5.41) is 3.21. The molecular weight excluding hydrogens is 298 g/mol. The molecule has 4 nitrogen and oxygen atoms in total. The van der Waals surface area contributed by atoms with E-state index >= 15 is 0 Å². The lowest BCUT2D eigenvalue weighted by atomic mass is 9.80. The first-order chi connectivity index (χ1) is 11.8. The summed E-state index contributed by atoms with van der Waals surface area (Å²) in [5.41, 5.74) is 3.65. The Morgan fingerprint density at radius 3 is 2.92 bits per heavy atom. The van der Waals surface area contributed by atoms with Crippen LogP contribution in [0.4, 0.5) is 0 Å². The van der Waals surface area contributed by atoms with Gasteiger partial charge in [-0.15, -0.1) is 0 Å². The molecule has 0 unspecified atom stereocenters. The quantitative estimate of drug-likeness (QED) is 0.930. The molecule has 24 heavy (non-hydrogen) atoms. The van der Waals surface area contributed by atoms with Crippen LogP contribution >= 0.6 is 0 Å². The number of nitrogens with zero attached hydrogens (tertiary/aromatic N) is 2. The van der Waals surface area contributed by atoms with E-state index < -0.39 is 0 Å². The molecule has 2 atom stereocenters. The lowest BCUT2D eigenvalue weighted by Crippen LogP contribution is -2.37.